The van der Waals surface area contributed by atoms with Crippen LogP contribution in [0.15, 0.2) is 60.7 Å². The summed E-state index contributed by atoms with van der Waals surface area (Å²) >= 11 is 3.72. The van der Waals surface area contributed by atoms with E-state index in [0.29, 0.717) is 5.56 Å². The molecule has 4 aromatic rings. The molecule has 1 aliphatic carbocycles. The van der Waals surface area contributed by atoms with Gasteiger partial charge in [-0.05, 0) is 84.4 Å². The van der Waals surface area contributed by atoms with Crippen LogP contribution in [-0.4, -0.2) is 0 Å². The highest BCUT2D eigenvalue weighted by atomic mass is 32.1. The lowest BCUT2D eigenvalue weighted by Crippen LogP contribution is -2.19. The van der Waals surface area contributed by atoms with Gasteiger partial charge in [0.2, 0.25) is 0 Å². The predicted molar refractivity (Wildman–Crippen MR) is 144 cm³/mol. The van der Waals surface area contributed by atoms with Crippen LogP contribution in [0.3, 0.4) is 0 Å². The molecule has 5 rings (SSSR count). The van der Waals surface area contributed by atoms with Crippen molar-refractivity contribution >= 4 is 32.1 Å². The van der Waals surface area contributed by atoms with Gasteiger partial charge in [-0.25, -0.2) is 0 Å². The highest BCUT2D eigenvalue weighted by Crippen LogP contribution is 2.43. The van der Waals surface area contributed by atoms with Gasteiger partial charge in [-0.3, -0.25) is 0 Å². The molecule has 168 valence electrons. The fraction of sp³-hybridized carbons (Fsp3) is 0.367. The molecule has 1 unspecified atom stereocenters. The average molecular weight is 470 g/mol. The Kier molecular flexibility index (Phi) is 6.67. The van der Waals surface area contributed by atoms with Crippen molar-refractivity contribution < 1.29 is 0 Å². The van der Waals surface area contributed by atoms with E-state index in [2.05, 4.69) is 56.3 Å². The summed E-state index contributed by atoms with van der Waals surface area (Å²) in [5.41, 5.74) is 4.76. The third-order valence-electron chi connectivity index (χ3n) is 7.49. The molecule has 0 N–H and O–H groups in total. The molecule has 33 heavy (non-hydrogen) atoms. The fourth-order valence-corrected chi connectivity index (χ4v) is 7.87. The molecular weight excluding hydrogens is 438 g/mol. The second-order valence-electron chi connectivity index (χ2n) is 9.64. The number of nitriles is 1. The van der Waals surface area contributed by atoms with Crippen molar-refractivity contribution in [1.29, 1.82) is 5.26 Å². The summed E-state index contributed by atoms with van der Waals surface area (Å²) in [6, 6.07) is 24.1. The first-order valence-electron chi connectivity index (χ1n) is 12.3. The predicted octanol–water partition coefficient (Wildman–Crippen LogP) is 9.88. The van der Waals surface area contributed by atoms with Crippen molar-refractivity contribution in [3.05, 3.63) is 71.8 Å². The van der Waals surface area contributed by atoms with Crippen molar-refractivity contribution in [2.24, 2.45) is 11.8 Å². The van der Waals surface area contributed by atoms with Gasteiger partial charge in [0.1, 0.15) is 0 Å². The van der Waals surface area contributed by atoms with Crippen molar-refractivity contribution in [3.63, 3.8) is 0 Å². The van der Waals surface area contributed by atoms with Crippen LogP contribution in [0, 0.1) is 23.2 Å². The molecule has 2 heterocycles. The Balaban J connectivity index is 1.27. The van der Waals surface area contributed by atoms with E-state index in [1.165, 1.54) is 74.4 Å². The normalized spacial score (nSPS) is 19.4. The second kappa shape index (κ2) is 9.84. The molecular formula is C30H31NS2. The number of benzene rings is 2. The van der Waals surface area contributed by atoms with Crippen LogP contribution < -0.4 is 0 Å². The SMILES string of the molecule is CCCC(C)C1CCC(c2ccc(-c3cc4sc(-c5ccc(C#N)cc5)cc4s3)cc2)CC1. The summed E-state index contributed by atoms with van der Waals surface area (Å²) in [6.07, 6.45) is 8.21. The standard InChI is InChI=1S/C30H31NS2/c1-3-4-20(2)22-9-11-23(12-10-22)24-13-15-26(16-14-24)28-18-30-29(33-28)17-27(32-30)25-7-5-21(19-31)6-8-25/h5-8,13-18,20,22-23H,3-4,9-12H2,1-2H3. The minimum atomic E-state index is 0.710. The van der Waals surface area contributed by atoms with Crippen molar-refractivity contribution in [1.82, 2.24) is 0 Å². The zero-order chi connectivity index (χ0) is 22.8. The van der Waals surface area contributed by atoms with Gasteiger partial charge in [0.15, 0.2) is 0 Å². The van der Waals surface area contributed by atoms with Gasteiger partial charge < -0.3 is 0 Å². The van der Waals surface area contributed by atoms with Crippen LogP contribution in [0.1, 0.15) is 69.4 Å². The van der Waals surface area contributed by atoms with Gasteiger partial charge in [-0.15, -0.1) is 22.7 Å². The first-order valence-corrected chi connectivity index (χ1v) is 13.9. The molecule has 1 saturated carbocycles. The van der Waals surface area contributed by atoms with E-state index in [9.17, 15) is 0 Å². The molecule has 3 heteroatoms. The van der Waals surface area contributed by atoms with E-state index in [1.54, 1.807) is 0 Å². The van der Waals surface area contributed by atoms with E-state index >= 15 is 0 Å². The van der Waals surface area contributed by atoms with Crippen LogP contribution in [0.4, 0.5) is 0 Å². The number of fused-ring (bicyclic) bond motifs is 1. The Morgan fingerprint density at radius 3 is 1.91 bits per heavy atom. The number of hydrogen-bond donors (Lipinski definition) is 0. The summed E-state index contributed by atoms with van der Waals surface area (Å²) in [7, 11) is 0. The highest BCUT2D eigenvalue weighted by molar-refractivity contribution is 7.31. The molecule has 0 spiro atoms. The third-order valence-corrected chi connectivity index (χ3v) is 9.88. The van der Waals surface area contributed by atoms with Gasteiger partial charge in [-0.1, -0.05) is 63.1 Å². The maximum Gasteiger partial charge on any atom is 0.0991 e. The van der Waals surface area contributed by atoms with E-state index in [4.69, 9.17) is 5.26 Å². The molecule has 1 fully saturated rings. The average Bonchev–Trinajstić information content (AvgIpc) is 3.44. The molecule has 2 aromatic heterocycles. The van der Waals surface area contributed by atoms with E-state index in [0.717, 1.165) is 17.8 Å². The van der Waals surface area contributed by atoms with E-state index < -0.39 is 0 Å². The molecule has 1 aliphatic rings. The lowest BCUT2D eigenvalue weighted by atomic mass is 9.73. The van der Waals surface area contributed by atoms with Crippen LogP contribution >= 0.6 is 22.7 Å². The zero-order valence-corrected chi connectivity index (χ0v) is 21.1. The van der Waals surface area contributed by atoms with Gasteiger partial charge in [0.05, 0.1) is 11.6 Å². The van der Waals surface area contributed by atoms with E-state index in [1.807, 2.05) is 46.9 Å². The summed E-state index contributed by atoms with van der Waals surface area (Å²) in [6.45, 7) is 4.78. The molecule has 0 saturated heterocycles. The number of rotatable bonds is 6. The molecule has 2 aromatic carbocycles. The van der Waals surface area contributed by atoms with Crippen molar-refractivity contribution in [3.8, 4) is 27.0 Å². The Bertz CT molecular complexity index is 1210. The van der Waals surface area contributed by atoms with Crippen LogP contribution in [0.2, 0.25) is 0 Å². The first-order chi connectivity index (χ1) is 16.1. The van der Waals surface area contributed by atoms with Gasteiger partial charge in [-0.2, -0.15) is 5.26 Å². The maximum absolute atomic E-state index is 9.01. The van der Waals surface area contributed by atoms with Gasteiger partial charge in [0.25, 0.3) is 0 Å². The highest BCUT2D eigenvalue weighted by Gasteiger charge is 2.25. The second-order valence-corrected chi connectivity index (χ2v) is 11.8. The third kappa shape index (κ3) is 4.79. The Morgan fingerprint density at radius 1 is 0.848 bits per heavy atom. The Labute approximate surface area is 205 Å². The summed E-state index contributed by atoms with van der Waals surface area (Å²) < 4.78 is 2.69. The smallest absolute Gasteiger partial charge is 0.0991 e. The van der Waals surface area contributed by atoms with Crippen LogP contribution in [0.5, 0.6) is 0 Å². The monoisotopic (exact) mass is 469 g/mol. The molecule has 1 nitrogen and oxygen atoms in total. The van der Waals surface area contributed by atoms with Crippen molar-refractivity contribution in [2.45, 2.75) is 58.3 Å². The molecule has 1 atom stereocenters. The maximum atomic E-state index is 9.01. The van der Waals surface area contributed by atoms with Crippen LogP contribution in [-0.2, 0) is 0 Å². The quantitative estimate of drug-likeness (QED) is 0.275. The number of thiophene rings is 2. The minimum Gasteiger partial charge on any atom is -0.192 e. The topological polar surface area (TPSA) is 23.8 Å². The molecule has 0 bridgehead atoms. The van der Waals surface area contributed by atoms with Crippen LogP contribution in [0.25, 0.3) is 30.3 Å². The van der Waals surface area contributed by atoms with Crippen molar-refractivity contribution in [2.75, 3.05) is 0 Å². The van der Waals surface area contributed by atoms with Gasteiger partial charge >= 0.3 is 0 Å². The summed E-state index contributed by atoms with van der Waals surface area (Å²) in [4.78, 5) is 2.62. The molecule has 0 aliphatic heterocycles. The molecule has 0 radical (unpaired) electrons. The minimum absolute atomic E-state index is 0.710. The molecule has 0 amide bonds. The fourth-order valence-electron chi connectivity index (χ4n) is 5.46. The van der Waals surface area contributed by atoms with E-state index in [-0.39, 0.29) is 0 Å². The zero-order valence-electron chi connectivity index (χ0n) is 19.5. The number of nitrogens with zero attached hydrogens (tertiary/aromatic N) is 1. The Hall–Kier alpha value is -2.41. The van der Waals surface area contributed by atoms with Gasteiger partial charge in [0, 0.05) is 19.2 Å². The number of hydrogen-bond acceptors (Lipinski definition) is 3. The lowest BCUT2D eigenvalue weighted by molar-refractivity contribution is 0.235. The lowest BCUT2D eigenvalue weighted by Gasteiger charge is -2.32. The first kappa shape index (κ1) is 22.4. The largest absolute Gasteiger partial charge is 0.192 e. The summed E-state index contributed by atoms with van der Waals surface area (Å²) in [5, 5.41) is 9.01. The summed E-state index contributed by atoms with van der Waals surface area (Å²) in [5.74, 6) is 2.57. The Morgan fingerprint density at radius 2 is 1.39 bits per heavy atom.